The van der Waals surface area contributed by atoms with Gasteiger partial charge in [-0.25, -0.2) is 26.7 Å². The summed E-state index contributed by atoms with van der Waals surface area (Å²) >= 11 is 0. The number of benzene rings is 1. The second-order valence-corrected chi connectivity index (χ2v) is 8.59. The SMILES string of the molecule is CC(C)(C)OC(=O)N1C2COCC1CC(O)(Cc1c(F)c(F)c(F)c(F)c1F)C2. The van der Waals surface area contributed by atoms with Gasteiger partial charge >= 0.3 is 6.09 Å². The van der Waals surface area contributed by atoms with Gasteiger partial charge in [0.2, 0.25) is 5.82 Å². The third kappa shape index (κ3) is 4.18. The van der Waals surface area contributed by atoms with Crippen LogP contribution in [0.5, 0.6) is 0 Å². The number of piperidine rings is 1. The molecular formula is C19H22F5NO4. The standard InChI is InChI=1S/C19H22F5NO4/c1-18(2,3)29-17(26)25-9-4-19(27,5-10(25)8-28-7-9)6-11-12(20)14(22)16(24)15(23)13(11)21/h9-10,27H,4-8H2,1-3H3. The average Bonchev–Trinajstić information content (AvgIpc) is 2.60. The lowest BCUT2D eigenvalue weighted by Crippen LogP contribution is -2.64. The van der Waals surface area contributed by atoms with Crippen LogP contribution >= 0.6 is 0 Å². The summed E-state index contributed by atoms with van der Waals surface area (Å²) in [6, 6.07) is -1.33. The van der Waals surface area contributed by atoms with E-state index < -0.39 is 70.4 Å². The first-order chi connectivity index (χ1) is 13.3. The van der Waals surface area contributed by atoms with E-state index in [4.69, 9.17) is 9.47 Å². The molecule has 0 saturated carbocycles. The minimum Gasteiger partial charge on any atom is -0.444 e. The second-order valence-electron chi connectivity index (χ2n) is 8.59. The van der Waals surface area contributed by atoms with Crippen LogP contribution in [0, 0.1) is 29.1 Å². The minimum atomic E-state index is -2.25. The highest BCUT2D eigenvalue weighted by atomic mass is 19.2. The predicted octanol–water partition coefficient (Wildman–Crippen LogP) is 3.45. The minimum absolute atomic E-state index is 0.0508. The summed E-state index contributed by atoms with van der Waals surface area (Å²) in [6.07, 6.45) is -1.73. The number of halogens is 5. The van der Waals surface area contributed by atoms with E-state index in [0.717, 1.165) is 0 Å². The fraction of sp³-hybridized carbons (Fsp3) is 0.632. The molecule has 2 heterocycles. The van der Waals surface area contributed by atoms with E-state index in [1.165, 1.54) is 4.90 Å². The summed E-state index contributed by atoms with van der Waals surface area (Å²) < 4.78 is 79.2. The number of carbonyl (C=O) groups is 1. The van der Waals surface area contributed by atoms with Gasteiger partial charge in [-0.2, -0.15) is 0 Å². The molecule has 1 aromatic carbocycles. The van der Waals surface area contributed by atoms with Gasteiger partial charge < -0.3 is 14.6 Å². The van der Waals surface area contributed by atoms with Gasteiger partial charge in [-0.15, -0.1) is 0 Å². The largest absolute Gasteiger partial charge is 0.444 e. The maximum atomic E-state index is 14.1. The number of amides is 1. The number of carbonyl (C=O) groups excluding carboxylic acids is 1. The fourth-order valence-electron chi connectivity index (χ4n) is 3.97. The maximum Gasteiger partial charge on any atom is 0.410 e. The molecule has 10 heteroatoms. The van der Waals surface area contributed by atoms with Crippen molar-refractivity contribution in [1.82, 2.24) is 4.90 Å². The molecule has 1 amide bonds. The normalized spacial score (nSPS) is 27.1. The highest BCUT2D eigenvalue weighted by molar-refractivity contribution is 5.69. The molecule has 0 radical (unpaired) electrons. The van der Waals surface area contributed by atoms with Crippen molar-refractivity contribution in [1.29, 1.82) is 0 Å². The molecule has 1 N–H and O–H groups in total. The molecule has 1 aromatic rings. The van der Waals surface area contributed by atoms with Gasteiger partial charge in [0.15, 0.2) is 23.3 Å². The van der Waals surface area contributed by atoms with Crippen LogP contribution in [0.2, 0.25) is 0 Å². The second kappa shape index (κ2) is 7.39. The van der Waals surface area contributed by atoms with E-state index in [1.54, 1.807) is 20.8 Å². The Morgan fingerprint density at radius 3 is 1.93 bits per heavy atom. The van der Waals surface area contributed by atoms with E-state index >= 15 is 0 Å². The van der Waals surface area contributed by atoms with Crippen LogP contribution in [0.25, 0.3) is 0 Å². The van der Waals surface area contributed by atoms with Gasteiger partial charge in [0.25, 0.3) is 0 Å². The van der Waals surface area contributed by atoms with Crippen LogP contribution in [0.1, 0.15) is 39.2 Å². The van der Waals surface area contributed by atoms with Crippen LogP contribution in [0.15, 0.2) is 0 Å². The summed E-state index contributed by atoms with van der Waals surface area (Å²) in [4.78, 5) is 14.0. The molecule has 5 nitrogen and oxygen atoms in total. The molecule has 0 aliphatic carbocycles. The number of rotatable bonds is 2. The molecule has 2 unspecified atom stereocenters. The fourth-order valence-corrected chi connectivity index (χ4v) is 3.97. The molecule has 0 aromatic heterocycles. The number of fused-ring (bicyclic) bond motifs is 2. The zero-order valence-electron chi connectivity index (χ0n) is 16.2. The van der Waals surface area contributed by atoms with E-state index in [-0.39, 0.29) is 26.1 Å². The van der Waals surface area contributed by atoms with Crippen molar-refractivity contribution < 1.29 is 41.3 Å². The maximum absolute atomic E-state index is 14.1. The molecule has 2 aliphatic rings. The number of aliphatic hydroxyl groups is 1. The van der Waals surface area contributed by atoms with Gasteiger partial charge in [0, 0.05) is 12.0 Å². The Kier molecular flexibility index (Phi) is 5.55. The summed E-state index contributed by atoms with van der Waals surface area (Å²) in [6.45, 7) is 5.19. The Morgan fingerprint density at radius 2 is 1.48 bits per heavy atom. The lowest BCUT2D eigenvalue weighted by molar-refractivity contribution is -0.137. The van der Waals surface area contributed by atoms with Gasteiger partial charge in [-0.1, -0.05) is 0 Å². The highest BCUT2D eigenvalue weighted by Gasteiger charge is 2.50. The molecule has 2 atom stereocenters. The third-order valence-electron chi connectivity index (χ3n) is 5.05. The first kappa shape index (κ1) is 21.8. The van der Waals surface area contributed by atoms with Crippen LogP contribution in [-0.4, -0.2) is 52.6 Å². The molecular weight excluding hydrogens is 401 g/mol. The first-order valence-corrected chi connectivity index (χ1v) is 9.15. The predicted molar refractivity (Wildman–Crippen MR) is 90.6 cm³/mol. The molecule has 29 heavy (non-hydrogen) atoms. The van der Waals surface area contributed by atoms with Crippen LogP contribution in [-0.2, 0) is 15.9 Å². The molecule has 162 valence electrons. The van der Waals surface area contributed by atoms with Crippen molar-refractivity contribution in [2.24, 2.45) is 0 Å². The Bertz CT molecular complexity index is 783. The van der Waals surface area contributed by atoms with E-state index in [9.17, 15) is 31.9 Å². The van der Waals surface area contributed by atoms with Gasteiger partial charge in [-0.05, 0) is 33.6 Å². The quantitative estimate of drug-likeness (QED) is 0.450. The van der Waals surface area contributed by atoms with Crippen molar-refractivity contribution in [2.45, 2.75) is 63.3 Å². The zero-order chi connectivity index (χ0) is 21.7. The van der Waals surface area contributed by atoms with E-state index in [2.05, 4.69) is 0 Å². The molecule has 2 saturated heterocycles. The van der Waals surface area contributed by atoms with Crippen molar-refractivity contribution in [3.05, 3.63) is 34.6 Å². The molecule has 2 aliphatic heterocycles. The highest BCUT2D eigenvalue weighted by Crippen LogP contribution is 2.39. The van der Waals surface area contributed by atoms with Gasteiger partial charge in [0.1, 0.15) is 5.60 Å². The number of hydrogen-bond acceptors (Lipinski definition) is 4. The van der Waals surface area contributed by atoms with Crippen LogP contribution < -0.4 is 0 Å². The number of hydrogen-bond donors (Lipinski definition) is 1. The Balaban J connectivity index is 1.87. The van der Waals surface area contributed by atoms with Crippen molar-refractivity contribution in [2.75, 3.05) is 13.2 Å². The zero-order valence-corrected chi connectivity index (χ0v) is 16.2. The molecule has 2 bridgehead atoms. The Morgan fingerprint density at radius 1 is 1.03 bits per heavy atom. The number of ether oxygens (including phenoxy) is 2. The summed E-state index contributed by atoms with van der Waals surface area (Å²) in [7, 11) is 0. The molecule has 0 spiro atoms. The lowest BCUT2D eigenvalue weighted by Gasteiger charge is -2.51. The van der Waals surface area contributed by atoms with Gasteiger partial charge in [-0.3, -0.25) is 4.90 Å². The first-order valence-electron chi connectivity index (χ1n) is 9.15. The topological polar surface area (TPSA) is 59.0 Å². The Hall–Kier alpha value is -1.94. The van der Waals surface area contributed by atoms with Crippen molar-refractivity contribution in [3.63, 3.8) is 0 Å². The van der Waals surface area contributed by atoms with Crippen LogP contribution in [0.4, 0.5) is 26.7 Å². The summed E-state index contributed by atoms with van der Waals surface area (Å²) in [5, 5.41) is 11.0. The van der Waals surface area contributed by atoms with E-state index in [0.29, 0.717) is 0 Å². The van der Waals surface area contributed by atoms with Crippen molar-refractivity contribution in [3.8, 4) is 0 Å². The lowest BCUT2D eigenvalue weighted by atomic mass is 9.77. The summed E-state index contributed by atoms with van der Waals surface area (Å²) in [5.41, 5.74) is -3.61. The molecule has 3 rings (SSSR count). The van der Waals surface area contributed by atoms with Crippen molar-refractivity contribution >= 4 is 6.09 Å². The monoisotopic (exact) mass is 423 g/mol. The van der Waals surface area contributed by atoms with Gasteiger partial charge in [0.05, 0.1) is 30.9 Å². The molecule has 2 fully saturated rings. The van der Waals surface area contributed by atoms with E-state index in [1.807, 2.05) is 0 Å². The average molecular weight is 423 g/mol. The Labute approximate surface area is 164 Å². The summed E-state index contributed by atoms with van der Waals surface area (Å²) in [5.74, 6) is -10.3. The number of morpholine rings is 1. The number of nitrogens with zero attached hydrogens (tertiary/aromatic N) is 1. The van der Waals surface area contributed by atoms with Crippen LogP contribution in [0.3, 0.4) is 0 Å². The smallest absolute Gasteiger partial charge is 0.410 e. The third-order valence-corrected chi connectivity index (χ3v) is 5.05.